The van der Waals surface area contributed by atoms with E-state index in [1.165, 1.54) is 0 Å². The van der Waals surface area contributed by atoms with Gasteiger partial charge in [-0.15, -0.1) is 0 Å². The van der Waals surface area contributed by atoms with Crippen molar-refractivity contribution in [3.63, 3.8) is 0 Å². The number of likely N-dealkylation sites (N-methyl/N-ethyl adjacent to an activating group) is 1. The summed E-state index contributed by atoms with van der Waals surface area (Å²) in [5.41, 5.74) is 0.794. The van der Waals surface area contributed by atoms with Crippen LogP contribution in [0, 0.1) is 0 Å². The first-order valence-corrected chi connectivity index (χ1v) is 6.75. The normalized spacial score (nSPS) is 14.0. The maximum absolute atomic E-state index is 11.5. The highest BCUT2D eigenvalue weighted by Crippen LogP contribution is 2.29. The van der Waals surface area contributed by atoms with Gasteiger partial charge in [0.2, 0.25) is 5.91 Å². The molecule has 0 spiro atoms. The van der Waals surface area contributed by atoms with Crippen molar-refractivity contribution < 1.29 is 9.90 Å². The highest BCUT2D eigenvalue weighted by atomic mass is 79.9. The van der Waals surface area contributed by atoms with Crippen LogP contribution < -0.4 is 10.6 Å². The molecule has 0 aliphatic rings. The van der Waals surface area contributed by atoms with Crippen molar-refractivity contribution in [2.45, 2.75) is 32.4 Å². The molecule has 1 aromatic carbocycles. The largest absolute Gasteiger partial charge is 0.508 e. The zero-order valence-electron chi connectivity index (χ0n) is 10.8. The molecule has 0 saturated carbocycles. The van der Waals surface area contributed by atoms with Crippen LogP contribution in [0.15, 0.2) is 22.7 Å². The monoisotopic (exact) mass is 314 g/mol. The van der Waals surface area contributed by atoms with E-state index in [4.69, 9.17) is 0 Å². The minimum Gasteiger partial charge on any atom is -0.508 e. The van der Waals surface area contributed by atoms with E-state index in [-0.39, 0.29) is 23.7 Å². The van der Waals surface area contributed by atoms with Crippen LogP contribution in [-0.4, -0.2) is 24.1 Å². The minimum absolute atomic E-state index is 0.0604. The predicted octanol–water partition coefficient (Wildman–Crippen LogP) is 2.33. The third-order valence-corrected chi connectivity index (χ3v) is 3.36. The number of aromatic hydroxyl groups is 1. The van der Waals surface area contributed by atoms with E-state index in [0.29, 0.717) is 0 Å². The summed E-state index contributed by atoms with van der Waals surface area (Å²) < 4.78 is 0.906. The molecular formula is C13H19BrN2O2. The molecule has 18 heavy (non-hydrogen) atoms. The molecule has 0 saturated heterocycles. The molecule has 1 rings (SSSR count). The van der Waals surface area contributed by atoms with Gasteiger partial charge >= 0.3 is 0 Å². The fraction of sp³-hybridized carbons (Fsp3) is 0.462. The molecule has 0 aliphatic heterocycles. The summed E-state index contributed by atoms with van der Waals surface area (Å²) >= 11 is 3.38. The number of carbonyl (C=O) groups is 1. The number of phenols is 1. The summed E-state index contributed by atoms with van der Waals surface area (Å²) in [5.74, 6) is 0.171. The Bertz CT molecular complexity index is 423. The number of carbonyl (C=O) groups excluding carboxylic acids is 1. The Labute approximate surface area is 116 Å². The van der Waals surface area contributed by atoms with Crippen molar-refractivity contribution in [1.82, 2.24) is 10.6 Å². The van der Waals surface area contributed by atoms with Crippen LogP contribution in [0.4, 0.5) is 0 Å². The van der Waals surface area contributed by atoms with E-state index >= 15 is 0 Å². The van der Waals surface area contributed by atoms with Gasteiger partial charge in [-0.05, 0) is 31.5 Å². The van der Waals surface area contributed by atoms with Gasteiger partial charge in [-0.1, -0.05) is 22.9 Å². The Kier molecular flexibility index (Phi) is 5.62. The van der Waals surface area contributed by atoms with E-state index in [9.17, 15) is 9.90 Å². The summed E-state index contributed by atoms with van der Waals surface area (Å²) in [5, 5.41) is 15.7. The average Bonchev–Trinajstić information content (AvgIpc) is 2.37. The summed E-state index contributed by atoms with van der Waals surface area (Å²) in [4.78, 5) is 11.5. The van der Waals surface area contributed by atoms with Crippen molar-refractivity contribution in [3.8, 4) is 5.75 Å². The Morgan fingerprint density at radius 2 is 2.17 bits per heavy atom. The van der Waals surface area contributed by atoms with Crippen molar-refractivity contribution in [2.24, 2.45) is 0 Å². The van der Waals surface area contributed by atoms with Gasteiger partial charge in [0.25, 0.3) is 0 Å². The van der Waals surface area contributed by atoms with E-state index < -0.39 is 0 Å². The fourth-order valence-electron chi connectivity index (χ4n) is 1.83. The first-order valence-electron chi connectivity index (χ1n) is 5.95. The lowest BCUT2D eigenvalue weighted by Crippen LogP contribution is -2.42. The third kappa shape index (κ3) is 3.71. The van der Waals surface area contributed by atoms with E-state index in [1.807, 2.05) is 13.0 Å². The molecule has 3 N–H and O–H groups in total. The first-order chi connectivity index (χ1) is 8.49. The number of nitrogens with one attached hydrogen (secondary N) is 2. The Balaban J connectivity index is 2.89. The molecule has 0 bridgehead atoms. The van der Waals surface area contributed by atoms with E-state index in [1.54, 1.807) is 26.1 Å². The van der Waals surface area contributed by atoms with Gasteiger partial charge in [-0.25, -0.2) is 0 Å². The number of hydrogen-bond donors (Lipinski definition) is 3. The molecule has 1 amide bonds. The van der Waals surface area contributed by atoms with Gasteiger partial charge in [-0.2, -0.15) is 0 Å². The summed E-state index contributed by atoms with van der Waals surface area (Å²) in [6.45, 7) is 3.81. The van der Waals surface area contributed by atoms with Crippen molar-refractivity contribution >= 4 is 21.8 Å². The Hall–Kier alpha value is -1.07. The molecule has 100 valence electrons. The molecule has 0 aliphatic carbocycles. The average molecular weight is 315 g/mol. The van der Waals surface area contributed by atoms with Crippen LogP contribution in [0.1, 0.15) is 31.9 Å². The topological polar surface area (TPSA) is 61.4 Å². The fourth-order valence-corrected chi connectivity index (χ4v) is 2.20. The molecule has 0 heterocycles. The highest BCUT2D eigenvalue weighted by molar-refractivity contribution is 9.10. The minimum atomic E-state index is -0.307. The number of amides is 1. The lowest BCUT2D eigenvalue weighted by atomic mass is 10.0. The summed E-state index contributed by atoms with van der Waals surface area (Å²) in [6.07, 6.45) is 0.783. The maximum Gasteiger partial charge on any atom is 0.236 e. The number of halogens is 1. The second kappa shape index (κ2) is 6.75. The highest BCUT2D eigenvalue weighted by Gasteiger charge is 2.19. The van der Waals surface area contributed by atoms with Crippen LogP contribution in [-0.2, 0) is 4.79 Å². The van der Waals surface area contributed by atoms with Crippen molar-refractivity contribution in [3.05, 3.63) is 28.2 Å². The molecule has 0 aromatic heterocycles. The zero-order chi connectivity index (χ0) is 13.7. The molecule has 0 radical (unpaired) electrons. The van der Waals surface area contributed by atoms with Gasteiger partial charge in [0, 0.05) is 23.1 Å². The Morgan fingerprint density at radius 1 is 1.50 bits per heavy atom. The molecule has 4 nitrogen and oxygen atoms in total. The molecule has 1 aromatic rings. The maximum atomic E-state index is 11.5. The second-order valence-electron chi connectivity index (χ2n) is 4.17. The zero-order valence-corrected chi connectivity index (χ0v) is 12.4. The lowest BCUT2D eigenvalue weighted by molar-refractivity contribution is -0.122. The standard InChI is InChI=1S/C13H19BrN2O2/c1-4-11(16-8(2)13(18)15-3)10-7-9(14)5-6-12(10)17/h5-8,11,16-17H,4H2,1-3H3,(H,15,18). The predicted molar refractivity (Wildman–Crippen MR) is 75.5 cm³/mol. The SMILES string of the molecule is CCC(NC(C)C(=O)NC)c1cc(Br)ccc1O. The van der Waals surface area contributed by atoms with Crippen LogP contribution in [0.3, 0.4) is 0 Å². The van der Waals surface area contributed by atoms with Gasteiger partial charge in [0.1, 0.15) is 5.75 Å². The molecular weight excluding hydrogens is 296 g/mol. The quantitative estimate of drug-likeness (QED) is 0.781. The number of phenolic OH excluding ortho intramolecular Hbond substituents is 1. The van der Waals surface area contributed by atoms with Crippen LogP contribution in [0.2, 0.25) is 0 Å². The summed E-state index contributed by atoms with van der Waals surface area (Å²) in [7, 11) is 1.61. The second-order valence-corrected chi connectivity index (χ2v) is 5.08. The molecule has 0 fully saturated rings. The van der Waals surface area contributed by atoms with E-state index in [2.05, 4.69) is 26.6 Å². The molecule has 5 heteroatoms. The smallest absolute Gasteiger partial charge is 0.236 e. The van der Waals surface area contributed by atoms with Crippen LogP contribution in [0.5, 0.6) is 5.75 Å². The third-order valence-electron chi connectivity index (χ3n) is 2.86. The summed E-state index contributed by atoms with van der Waals surface area (Å²) in [6, 6.07) is 4.93. The van der Waals surface area contributed by atoms with Gasteiger partial charge in [0.15, 0.2) is 0 Å². The Morgan fingerprint density at radius 3 is 2.72 bits per heavy atom. The molecule has 2 atom stereocenters. The van der Waals surface area contributed by atoms with E-state index in [0.717, 1.165) is 16.5 Å². The number of benzene rings is 1. The lowest BCUT2D eigenvalue weighted by Gasteiger charge is -2.22. The molecule has 2 unspecified atom stereocenters. The van der Waals surface area contributed by atoms with Gasteiger partial charge in [0.05, 0.1) is 6.04 Å². The van der Waals surface area contributed by atoms with Gasteiger partial charge < -0.3 is 10.4 Å². The van der Waals surface area contributed by atoms with Gasteiger partial charge in [-0.3, -0.25) is 10.1 Å². The number of rotatable bonds is 5. The number of hydrogen-bond acceptors (Lipinski definition) is 3. The van der Waals surface area contributed by atoms with Crippen LogP contribution >= 0.6 is 15.9 Å². The van der Waals surface area contributed by atoms with Crippen molar-refractivity contribution in [1.29, 1.82) is 0 Å². The first kappa shape index (κ1) is 15.0. The van der Waals surface area contributed by atoms with Crippen LogP contribution in [0.25, 0.3) is 0 Å². The van der Waals surface area contributed by atoms with Crippen molar-refractivity contribution in [2.75, 3.05) is 7.05 Å².